The monoisotopic (exact) mass is 336 g/mol. The highest BCUT2D eigenvalue weighted by atomic mass is 79.9. The lowest BCUT2D eigenvalue weighted by atomic mass is 9.99. The zero-order valence-electron chi connectivity index (χ0n) is 9.71. The van der Waals surface area contributed by atoms with E-state index in [1.807, 2.05) is 0 Å². The minimum atomic E-state index is -0.371. The summed E-state index contributed by atoms with van der Waals surface area (Å²) in [5.74, 6) is -0.432. The van der Waals surface area contributed by atoms with Gasteiger partial charge in [0.2, 0.25) is 5.91 Å². The third-order valence-electron chi connectivity index (χ3n) is 2.85. The predicted molar refractivity (Wildman–Crippen MR) is 75.6 cm³/mol. The van der Waals surface area contributed by atoms with Gasteiger partial charge in [0.05, 0.1) is 10.4 Å². The largest absolute Gasteiger partial charge is 0.326 e. The van der Waals surface area contributed by atoms with Gasteiger partial charge < -0.3 is 10.6 Å². The molecular weight excluding hydrogens is 323 g/mol. The number of piperidine rings is 1. The second-order valence-corrected chi connectivity index (χ2v) is 5.02. The van der Waals surface area contributed by atoms with Gasteiger partial charge in [-0.2, -0.15) is 0 Å². The van der Waals surface area contributed by atoms with Gasteiger partial charge in [-0.05, 0) is 53.5 Å². The molecule has 1 heterocycles. The van der Waals surface area contributed by atoms with Crippen molar-refractivity contribution in [2.45, 2.75) is 12.8 Å². The summed E-state index contributed by atoms with van der Waals surface area (Å²) in [5, 5.41) is 5.92. The molecule has 3 nitrogen and oxygen atoms in total. The number of carbonyl (C=O) groups is 1. The van der Waals surface area contributed by atoms with Crippen LogP contribution in [-0.4, -0.2) is 19.0 Å². The molecule has 1 fully saturated rings. The van der Waals surface area contributed by atoms with E-state index in [4.69, 9.17) is 0 Å². The lowest BCUT2D eigenvalue weighted by Gasteiger charge is -2.21. The number of nitrogens with one attached hydrogen (secondary N) is 2. The number of hydrogen-bond donors (Lipinski definition) is 2. The Hall–Kier alpha value is -0.650. The minimum absolute atomic E-state index is 0. The topological polar surface area (TPSA) is 41.1 Å². The van der Waals surface area contributed by atoms with Crippen molar-refractivity contribution in [3.05, 3.63) is 28.5 Å². The van der Waals surface area contributed by atoms with Crippen LogP contribution in [0.25, 0.3) is 0 Å². The van der Waals surface area contributed by atoms with Crippen LogP contribution < -0.4 is 10.6 Å². The van der Waals surface area contributed by atoms with Gasteiger partial charge in [-0.15, -0.1) is 12.4 Å². The Morgan fingerprint density at radius 1 is 1.50 bits per heavy atom. The standard InChI is InChI=1S/C12H14BrFN2O.ClH/c13-10-4-3-9(6-11(10)14)16-12(17)8-2-1-5-15-7-8;/h3-4,6,8,15H,1-2,5,7H2,(H,16,17);1H. The molecule has 2 N–H and O–H groups in total. The molecule has 0 radical (unpaired) electrons. The molecule has 6 heteroatoms. The Morgan fingerprint density at radius 2 is 2.28 bits per heavy atom. The van der Waals surface area contributed by atoms with E-state index in [2.05, 4.69) is 26.6 Å². The summed E-state index contributed by atoms with van der Waals surface area (Å²) in [6.45, 7) is 1.67. The molecule has 1 saturated heterocycles. The van der Waals surface area contributed by atoms with Crippen LogP contribution in [0.2, 0.25) is 0 Å². The highest BCUT2D eigenvalue weighted by Gasteiger charge is 2.20. The van der Waals surface area contributed by atoms with Crippen molar-refractivity contribution in [1.82, 2.24) is 5.32 Å². The van der Waals surface area contributed by atoms with Crippen molar-refractivity contribution in [2.24, 2.45) is 5.92 Å². The molecule has 18 heavy (non-hydrogen) atoms. The molecule has 2 rings (SSSR count). The maximum Gasteiger partial charge on any atom is 0.228 e. The first-order valence-corrected chi connectivity index (χ1v) is 6.43. The van der Waals surface area contributed by atoms with Gasteiger partial charge in [-0.1, -0.05) is 0 Å². The molecule has 100 valence electrons. The second-order valence-electron chi connectivity index (χ2n) is 4.16. The fourth-order valence-corrected chi connectivity index (χ4v) is 2.14. The predicted octanol–water partition coefficient (Wildman–Crippen LogP) is 2.95. The van der Waals surface area contributed by atoms with Crippen molar-refractivity contribution in [2.75, 3.05) is 18.4 Å². The van der Waals surface area contributed by atoms with E-state index in [1.54, 1.807) is 12.1 Å². The zero-order valence-corrected chi connectivity index (χ0v) is 12.1. The number of halogens is 3. The number of rotatable bonds is 2. The average molecular weight is 338 g/mol. The van der Waals surface area contributed by atoms with E-state index in [0.29, 0.717) is 16.7 Å². The Morgan fingerprint density at radius 3 is 2.89 bits per heavy atom. The van der Waals surface area contributed by atoms with Crippen LogP contribution in [-0.2, 0) is 4.79 Å². The minimum Gasteiger partial charge on any atom is -0.326 e. The van der Waals surface area contributed by atoms with Crippen LogP contribution in [0, 0.1) is 11.7 Å². The molecule has 0 spiro atoms. The van der Waals surface area contributed by atoms with Crippen LogP contribution >= 0.6 is 28.3 Å². The highest BCUT2D eigenvalue weighted by Crippen LogP contribution is 2.20. The summed E-state index contributed by atoms with van der Waals surface area (Å²) in [4.78, 5) is 11.9. The Labute approximate surface area is 120 Å². The molecule has 0 bridgehead atoms. The van der Waals surface area contributed by atoms with E-state index >= 15 is 0 Å². The van der Waals surface area contributed by atoms with Gasteiger partial charge in [0.15, 0.2) is 0 Å². The molecule has 1 aromatic carbocycles. The van der Waals surface area contributed by atoms with E-state index in [0.717, 1.165) is 19.4 Å². The summed E-state index contributed by atoms with van der Waals surface area (Å²) in [5.41, 5.74) is 0.501. The number of anilines is 1. The first-order valence-electron chi connectivity index (χ1n) is 5.63. The maximum absolute atomic E-state index is 13.3. The summed E-state index contributed by atoms with van der Waals surface area (Å²) in [6, 6.07) is 4.59. The maximum atomic E-state index is 13.3. The molecule has 1 unspecified atom stereocenters. The molecule has 1 aliphatic heterocycles. The Kier molecular flexibility index (Phi) is 6.05. The fourth-order valence-electron chi connectivity index (χ4n) is 1.89. The van der Waals surface area contributed by atoms with E-state index in [1.165, 1.54) is 6.07 Å². The van der Waals surface area contributed by atoms with Crippen LogP contribution in [0.1, 0.15) is 12.8 Å². The highest BCUT2D eigenvalue weighted by molar-refractivity contribution is 9.10. The molecule has 1 amide bonds. The van der Waals surface area contributed by atoms with Crippen LogP contribution in [0.5, 0.6) is 0 Å². The third kappa shape index (κ3) is 3.93. The molecule has 0 saturated carbocycles. The summed E-state index contributed by atoms with van der Waals surface area (Å²) < 4.78 is 13.7. The van der Waals surface area contributed by atoms with Crippen molar-refractivity contribution in [3.8, 4) is 0 Å². The quantitative estimate of drug-likeness (QED) is 0.871. The van der Waals surface area contributed by atoms with Crippen LogP contribution in [0.15, 0.2) is 22.7 Å². The van der Waals surface area contributed by atoms with E-state index in [-0.39, 0.29) is 30.0 Å². The molecule has 1 aliphatic rings. The van der Waals surface area contributed by atoms with Gasteiger partial charge in [-0.3, -0.25) is 4.79 Å². The first kappa shape index (κ1) is 15.4. The average Bonchev–Trinajstić information content (AvgIpc) is 2.35. The van der Waals surface area contributed by atoms with Gasteiger partial charge in [0.25, 0.3) is 0 Å². The summed E-state index contributed by atoms with van der Waals surface area (Å²) >= 11 is 3.07. The van der Waals surface area contributed by atoms with Crippen molar-refractivity contribution >= 4 is 39.9 Å². The second kappa shape index (κ2) is 7.07. The first-order chi connectivity index (χ1) is 8.16. The van der Waals surface area contributed by atoms with E-state index in [9.17, 15) is 9.18 Å². The van der Waals surface area contributed by atoms with E-state index < -0.39 is 0 Å². The smallest absolute Gasteiger partial charge is 0.228 e. The molecule has 1 atom stereocenters. The van der Waals surface area contributed by atoms with Crippen molar-refractivity contribution in [3.63, 3.8) is 0 Å². The SMILES string of the molecule is Cl.O=C(Nc1ccc(Br)c(F)c1)C1CCCNC1. The molecule has 0 aromatic heterocycles. The van der Waals surface area contributed by atoms with Crippen LogP contribution in [0.3, 0.4) is 0 Å². The fraction of sp³-hybridized carbons (Fsp3) is 0.417. The van der Waals surface area contributed by atoms with Crippen molar-refractivity contribution in [1.29, 1.82) is 0 Å². The van der Waals surface area contributed by atoms with Crippen LogP contribution in [0.4, 0.5) is 10.1 Å². The number of hydrogen-bond acceptors (Lipinski definition) is 2. The molecular formula is C12H15BrClFN2O. The normalized spacial score (nSPS) is 18.9. The third-order valence-corrected chi connectivity index (χ3v) is 3.50. The Balaban J connectivity index is 0.00000162. The zero-order chi connectivity index (χ0) is 12.3. The molecule has 1 aromatic rings. The number of amides is 1. The molecule has 0 aliphatic carbocycles. The summed E-state index contributed by atoms with van der Waals surface area (Å²) in [6.07, 6.45) is 1.89. The van der Waals surface area contributed by atoms with Crippen molar-refractivity contribution < 1.29 is 9.18 Å². The van der Waals surface area contributed by atoms with Gasteiger partial charge in [0, 0.05) is 12.2 Å². The lowest BCUT2D eigenvalue weighted by Crippen LogP contribution is -2.37. The number of carbonyl (C=O) groups excluding carboxylic acids is 1. The van der Waals surface area contributed by atoms with Gasteiger partial charge in [-0.25, -0.2) is 4.39 Å². The van der Waals surface area contributed by atoms with Gasteiger partial charge >= 0.3 is 0 Å². The Bertz CT molecular complexity index is 425. The van der Waals surface area contributed by atoms with Gasteiger partial charge in [0.1, 0.15) is 5.82 Å². The number of benzene rings is 1. The summed E-state index contributed by atoms with van der Waals surface area (Å²) in [7, 11) is 0. The lowest BCUT2D eigenvalue weighted by molar-refractivity contribution is -0.120.